The zero-order valence-electron chi connectivity index (χ0n) is 8.26. The van der Waals surface area contributed by atoms with E-state index in [1.807, 2.05) is 6.26 Å². The maximum absolute atomic E-state index is 10.8. The lowest BCUT2D eigenvalue weighted by molar-refractivity contribution is -0.141. The first kappa shape index (κ1) is 11.8. The fraction of sp³-hybridized carbons (Fsp3) is 0.889. The lowest BCUT2D eigenvalue weighted by Crippen LogP contribution is -2.22. The Kier molecular flexibility index (Phi) is 4.68. The molecule has 0 aliphatic rings. The molecular weight excluding hydrogens is 172 g/mol. The maximum Gasteiger partial charge on any atom is 0.307 e. The van der Waals surface area contributed by atoms with E-state index < -0.39 is 5.97 Å². The summed E-state index contributed by atoms with van der Waals surface area (Å²) in [5.41, 5.74) is 0.110. The van der Waals surface area contributed by atoms with Gasteiger partial charge in [0.2, 0.25) is 0 Å². The molecule has 72 valence electrons. The van der Waals surface area contributed by atoms with Crippen molar-refractivity contribution < 1.29 is 9.90 Å². The predicted octanol–water partition coefficient (Wildman–Crippen LogP) is 2.49. The van der Waals surface area contributed by atoms with E-state index in [-0.39, 0.29) is 11.3 Å². The number of hydrogen-bond acceptors (Lipinski definition) is 2. The number of carbonyl (C=O) groups is 1. The van der Waals surface area contributed by atoms with Crippen LogP contribution in [0.15, 0.2) is 0 Å². The molecule has 1 N–H and O–H groups in total. The topological polar surface area (TPSA) is 37.3 Å². The number of carboxylic acids is 1. The molecule has 3 heteroatoms. The van der Waals surface area contributed by atoms with Gasteiger partial charge in [-0.05, 0) is 18.1 Å². The molecule has 1 atom stereocenters. The number of carboxylic acid groups (broad SMARTS) is 1. The Morgan fingerprint density at radius 3 is 2.25 bits per heavy atom. The summed E-state index contributed by atoms with van der Waals surface area (Å²) in [5, 5.41) is 8.85. The van der Waals surface area contributed by atoms with E-state index >= 15 is 0 Å². The molecule has 0 unspecified atom stereocenters. The monoisotopic (exact) mass is 190 g/mol. The summed E-state index contributed by atoms with van der Waals surface area (Å²) in [6.45, 7) is 6.22. The zero-order valence-corrected chi connectivity index (χ0v) is 9.07. The van der Waals surface area contributed by atoms with Crippen LogP contribution in [0.1, 0.15) is 27.2 Å². The standard InChI is InChI=1S/C9H18O2S/c1-9(2,3)5-7(6-12-4)8(10)11/h7H,5-6H2,1-4H3,(H,10,11)/t7-/m1/s1. The molecule has 0 bridgehead atoms. The molecule has 0 rings (SSSR count). The Bertz CT molecular complexity index is 149. The summed E-state index contributed by atoms with van der Waals surface area (Å²) in [4.78, 5) is 10.8. The fourth-order valence-corrected chi connectivity index (χ4v) is 1.82. The van der Waals surface area contributed by atoms with E-state index in [2.05, 4.69) is 20.8 Å². The summed E-state index contributed by atoms with van der Waals surface area (Å²) >= 11 is 1.60. The van der Waals surface area contributed by atoms with Crippen molar-refractivity contribution in [2.45, 2.75) is 27.2 Å². The largest absolute Gasteiger partial charge is 0.481 e. The molecule has 0 saturated carbocycles. The van der Waals surface area contributed by atoms with Gasteiger partial charge in [-0.1, -0.05) is 20.8 Å². The van der Waals surface area contributed by atoms with Crippen LogP contribution >= 0.6 is 11.8 Å². The number of hydrogen-bond donors (Lipinski definition) is 1. The van der Waals surface area contributed by atoms with Crippen molar-refractivity contribution in [3.8, 4) is 0 Å². The summed E-state index contributed by atoms with van der Waals surface area (Å²) in [6, 6.07) is 0. The van der Waals surface area contributed by atoms with Crippen molar-refractivity contribution >= 4 is 17.7 Å². The van der Waals surface area contributed by atoms with Gasteiger partial charge in [0.15, 0.2) is 0 Å². The van der Waals surface area contributed by atoms with E-state index in [4.69, 9.17) is 5.11 Å². The first-order valence-corrected chi connectivity index (χ1v) is 5.48. The number of aliphatic carboxylic acids is 1. The van der Waals surface area contributed by atoms with Crippen molar-refractivity contribution in [1.29, 1.82) is 0 Å². The van der Waals surface area contributed by atoms with Gasteiger partial charge >= 0.3 is 5.97 Å². The molecule has 0 aromatic heterocycles. The lowest BCUT2D eigenvalue weighted by atomic mass is 9.85. The van der Waals surface area contributed by atoms with Crippen molar-refractivity contribution in [2.75, 3.05) is 12.0 Å². The van der Waals surface area contributed by atoms with Crippen molar-refractivity contribution in [3.05, 3.63) is 0 Å². The molecule has 0 aromatic carbocycles. The van der Waals surface area contributed by atoms with Crippen LogP contribution in [0.5, 0.6) is 0 Å². The van der Waals surface area contributed by atoms with E-state index in [0.29, 0.717) is 5.75 Å². The van der Waals surface area contributed by atoms with Crippen LogP contribution in [0, 0.1) is 11.3 Å². The van der Waals surface area contributed by atoms with Crippen LogP contribution in [0.2, 0.25) is 0 Å². The van der Waals surface area contributed by atoms with E-state index in [9.17, 15) is 4.79 Å². The quantitative estimate of drug-likeness (QED) is 0.740. The molecule has 0 aliphatic carbocycles. The molecule has 0 radical (unpaired) electrons. The van der Waals surface area contributed by atoms with E-state index in [0.717, 1.165) is 6.42 Å². The Hall–Kier alpha value is -0.180. The highest BCUT2D eigenvalue weighted by molar-refractivity contribution is 7.98. The predicted molar refractivity (Wildman–Crippen MR) is 53.6 cm³/mol. The van der Waals surface area contributed by atoms with Crippen LogP contribution in [-0.2, 0) is 4.79 Å². The molecule has 0 spiro atoms. The third-order valence-electron chi connectivity index (χ3n) is 1.58. The van der Waals surface area contributed by atoms with Gasteiger partial charge < -0.3 is 5.11 Å². The molecular formula is C9H18O2S. The summed E-state index contributed by atoms with van der Waals surface area (Å²) in [7, 11) is 0. The second kappa shape index (κ2) is 4.75. The molecule has 12 heavy (non-hydrogen) atoms. The number of thioether (sulfide) groups is 1. The Morgan fingerprint density at radius 1 is 1.50 bits per heavy atom. The third-order valence-corrected chi connectivity index (χ3v) is 2.31. The Labute approximate surface area is 78.7 Å². The van der Waals surface area contributed by atoms with Crippen molar-refractivity contribution in [3.63, 3.8) is 0 Å². The van der Waals surface area contributed by atoms with Gasteiger partial charge in [-0.3, -0.25) is 4.79 Å². The van der Waals surface area contributed by atoms with Crippen LogP contribution < -0.4 is 0 Å². The average Bonchev–Trinajstić information content (AvgIpc) is 1.83. The number of rotatable bonds is 4. The fourth-order valence-electron chi connectivity index (χ4n) is 1.16. The van der Waals surface area contributed by atoms with E-state index in [1.54, 1.807) is 11.8 Å². The SMILES string of the molecule is CSC[C@@H](CC(C)(C)C)C(=O)O. The van der Waals surface area contributed by atoms with Crippen LogP contribution in [0.3, 0.4) is 0 Å². The molecule has 0 heterocycles. The minimum absolute atomic E-state index is 0.110. The molecule has 0 saturated heterocycles. The maximum atomic E-state index is 10.8. The highest BCUT2D eigenvalue weighted by Crippen LogP contribution is 2.26. The van der Waals surface area contributed by atoms with Gasteiger partial charge in [-0.25, -0.2) is 0 Å². The van der Waals surface area contributed by atoms with Crippen LogP contribution in [0.25, 0.3) is 0 Å². The molecule has 0 fully saturated rings. The average molecular weight is 190 g/mol. The molecule has 2 nitrogen and oxygen atoms in total. The zero-order chi connectivity index (χ0) is 9.78. The minimum atomic E-state index is -0.667. The van der Waals surface area contributed by atoms with Gasteiger partial charge in [-0.15, -0.1) is 0 Å². The highest BCUT2D eigenvalue weighted by Gasteiger charge is 2.23. The molecule has 0 amide bonds. The van der Waals surface area contributed by atoms with E-state index in [1.165, 1.54) is 0 Å². The first-order valence-electron chi connectivity index (χ1n) is 4.08. The molecule has 0 aromatic rings. The van der Waals surface area contributed by atoms with Gasteiger partial charge in [0.1, 0.15) is 0 Å². The van der Waals surface area contributed by atoms with Crippen LogP contribution in [0.4, 0.5) is 0 Å². The Morgan fingerprint density at radius 2 is 2.00 bits per heavy atom. The van der Waals surface area contributed by atoms with Crippen molar-refractivity contribution in [2.24, 2.45) is 11.3 Å². The van der Waals surface area contributed by atoms with Crippen molar-refractivity contribution in [1.82, 2.24) is 0 Å². The summed E-state index contributed by atoms with van der Waals surface area (Å²) in [6.07, 6.45) is 2.70. The second-order valence-electron chi connectivity index (χ2n) is 4.26. The summed E-state index contributed by atoms with van der Waals surface area (Å²) in [5.74, 6) is -0.147. The lowest BCUT2D eigenvalue weighted by Gasteiger charge is -2.22. The second-order valence-corrected chi connectivity index (χ2v) is 5.17. The van der Waals surface area contributed by atoms with Gasteiger partial charge in [0.25, 0.3) is 0 Å². The highest BCUT2D eigenvalue weighted by atomic mass is 32.2. The smallest absolute Gasteiger partial charge is 0.307 e. The van der Waals surface area contributed by atoms with Crippen LogP contribution in [-0.4, -0.2) is 23.1 Å². The minimum Gasteiger partial charge on any atom is -0.481 e. The third kappa shape index (κ3) is 5.47. The van der Waals surface area contributed by atoms with Gasteiger partial charge in [0.05, 0.1) is 5.92 Å². The Balaban J connectivity index is 4.05. The van der Waals surface area contributed by atoms with Gasteiger partial charge in [-0.2, -0.15) is 11.8 Å². The van der Waals surface area contributed by atoms with Gasteiger partial charge in [0, 0.05) is 5.75 Å². The summed E-state index contributed by atoms with van der Waals surface area (Å²) < 4.78 is 0. The first-order chi connectivity index (χ1) is 5.37. The normalized spacial score (nSPS) is 14.3. The molecule has 0 aliphatic heterocycles.